The zero-order valence-electron chi connectivity index (χ0n) is 24.7. The molecule has 4 aromatic rings. The summed E-state index contributed by atoms with van der Waals surface area (Å²) in [6, 6.07) is 21.0. The smallest absolute Gasteiger partial charge is 0.490 e. The maximum atomic E-state index is 13.0. The number of halogens is 3. The Bertz CT molecular complexity index is 1780. The number of aromatic nitrogens is 2. The van der Waals surface area contributed by atoms with E-state index in [1.807, 2.05) is 18.2 Å². The number of fused-ring (bicyclic) bond motifs is 3. The molecule has 1 saturated carbocycles. The van der Waals surface area contributed by atoms with Gasteiger partial charge in [0.1, 0.15) is 5.75 Å². The van der Waals surface area contributed by atoms with Gasteiger partial charge in [0, 0.05) is 48.9 Å². The minimum absolute atomic E-state index is 0.0812. The second kappa shape index (κ2) is 11.6. The van der Waals surface area contributed by atoms with Gasteiger partial charge in [0.05, 0.1) is 23.7 Å². The number of carbonyl (C=O) groups is 2. The third-order valence-corrected chi connectivity index (χ3v) is 8.78. The van der Waals surface area contributed by atoms with E-state index in [0.717, 1.165) is 77.3 Å². The van der Waals surface area contributed by atoms with Gasteiger partial charge in [-0.3, -0.25) is 9.89 Å². The first-order valence-corrected chi connectivity index (χ1v) is 14.5. The van der Waals surface area contributed by atoms with Gasteiger partial charge in [0.25, 0.3) is 0 Å². The quantitative estimate of drug-likeness (QED) is 0.271. The molecule has 9 nitrogen and oxygen atoms in total. The first-order chi connectivity index (χ1) is 21.5. The predicted molar refractivity (Wildman–Crippen MR) is 166 cm³/mol. The molecule has 0 unspecified atom stereocenters. The van der Waals surface area contributed by atoms with E-state index in [0.29, 0.717) is 0 Å². The topological polar surface area (TPSA) is 111 Å². The van der Waals surface area contributed by atoms with Crippen molar-refractivity contribution in [3.05, 3.63) is 83.0 Å². The third-order valence-electron chi connectivity index (χ3n) is 8.78. The van der Waals surface area contributed by atoms with Crippen LogP contribution in [-0.2, 0) is 15.0 Å². The molecule has 1 spiro atoms. The molecule has 3 aromatic carbocycles. The number of H-pyrrole nitrogens is 1. The van der Waals surface area contributed by atoms with Crippen molar-refractivity contribution in [2.24, 2.45) is 0 Å². The number of rotatable bonds is 5. The average molecular weight is 620 g/mol. The number of ether oxygens (including phenoxy) is 1. The molecule has 1 saturated heterocycles. The van der Waals surface area contributed by atoms with Crippen molar-refractivity contribution in [1.29, 1.82) is 0 Å². The van der Waals surface area contributed by atoms with Crippen LogP contribution in [0.3, 0.4) is 0 Å². The summed E-state index contributed by atoms with van der Waals surface area (Å²) in [5.41, 5.74) is 6.91. The Labute approximate surface area is 257 Å². The van der Waals surface area contributed by atoms with Crippen LogP contribution in [0.1, 0.15) is 34.7 Å². The number of hydrogen-bond donors (Lipinski definition) is 3. The van der Waals surface area contributed by atoms with Crippen molar-refractivity contribution in [3.63, 3.8) is 0 Å². The second-order valence-electron chi connectivity index (χ2n) is 11.5. The number of alkyl halides is 3. The Kier molecular flexibility index (Phi) is 7.77. The Balaban J connectivity index is 0.000000460. The summed E-state index contributed by atoms with van der Waals surface area (Å²) in [5.74, 6) is -1.76. The van der Waals surface area contributed by atoms with Gasteiger partial charge in [-0.15, -0.1) is 0 Å². The minimum Gasteiger partial charge on any atom is -0.497 e. The van der Waals surface area contributed by atoms with Crippen LogP contribution in [0, 0.1) is 0 Å². The van der Waals surface area contributed by atoms with Crippen molar-refractivity contribution < 1.29 is 32.6 Å². The number of anilines is 2. The van der Waals surface area contributed by atoms with E-state index < -0.39 is 17.6 Å². The predicted octanol–water partition coefficient (Wildman–Crippen LogP) is 5.50. The van der Waals surface area contributed by atoms with Gasteiger partial charge in [-0.1, -0.05) is 30.3 Å². The number of aliphatic carboxylic acids is 1. The molecule has 3 N–H and O–H groups in total. The zero-order chi connectivity index (χ0) is 31.9. The number of piperazine rings is 1. The molecule has 2 aliphatic heterocycles. The monoisotopic (exact) mass is 619 g/mol. The maximum Gasteiger partial charge on any atom is 0.490 e. The molecule has 1 aromatic heterocycles. The van der Waals surface area contributed by atoms with Crippen LogP contribution in [-0.4, -0.2) is 78.6 Å². The number of benzene rings is 3. The standard InChI is InChI=1S/C31H31N5O2.C2HF3O2/c1-35-13-15-36(16-14-35)22-7-3-20(4-8-22)5-11-27-24-10-6-21(17-29(24)34-33-27)26-19-31(26)25-18-23(38-2)9-12-28(25)32-30(31)37;3-2(4,5)1(6)7/h3-12,17-18,26H,13-16,19H2,1-2H3,(H,32,37)(H,33,34);(H,6,7)/t26-,31-;/m0./s1. The van der Waals surface area contributed by atoms with E-state index in [2.05, 4.69) is 87.0 Å². The zero-order valence-corrected chi connectivity index (χ0v) is 24.7. The third kappa shape index (κ3) is 5.85. The van der Waals surface area contributed by atoms with Gasteiger partial charge in [-0.2, -0.15) is 18.3 Å². The highest BCUT2D eigenvalue weighted by Gasteiger charge is 2.65. The van der Waals surface area contributed by atoms with Gasteiger partial charge in [-0.05, 0) is 72.6 Å². The van der Waals surface area contributed by atoms with E-state index in [1.54, 1.807) is 7.11 Å². The first kappa shape index (κ1) is 30.2. The fraction of sp³-hybridized carbons (Fsp3) is 0.303. The highest BCUT2D eigenvalue weighted by Crippen LogP contribution is 2.65. The Morgan fingerprint density at radius 2 is 1.76 bits per heavy atom. The van der Waals surface area contributed by atoms with E-state index in [-0.39, 0.29) is 11.8 Å². The Morgan fingerprint density at radius 3 is 2.42 bits per heavy atom. The molecule has 234 valence electrons. The van der Waals surface area contributed by atoms with Gasteiger partial charge in [0.15, 0.2) is 0 Å². The number of aromatic amines is 1. The van der Waals surface area contributed by atoms with Gasteiger partial charge >= 0.3 is 12.1 Å². The van der Waals surface area contributed by atoms with Crippen molar-refractivity contribution in [2.75, 3.05) is 50.6 Å². The molecule has 3 aliphatic rings. The van der Waals surface area contributed by atoms with Crippen molar-refractivity contribution in [3.8, 4) is 5.75 Å². The molecule has 12 heteroatoms. The van der Waals surface area contributed by atoms with E-state index in [4.69, 9.17) is 14.6 Å². The largest absolute Gasteiger partial charge is 0.497 e. The van der Waals surface area contributed by atoms with Crippen LogP contribution in [0.2, 0.25) is 0 Å². The van der Waals surface area contributed by atoms with Gasteiger partial charge in [-0.25, -0.2) is 4.79 Å². The summed E-state index contributed by atoms with van der Waals surface area (Å²) >= 11 is 0. The molecule has 0 bridgehead atoms. The number of carboxylic acids is 1. The number of likely N-dealkylation sites (N-methyl/N-ethyl adjacent to an activating group) is 1. The van der Waals surface area contributed by atoms with Gasteiger partial charge < -0.3 is 25.0 Å². The molecular weight excluding hydrogens is 587 g/mol. The van der Waals surface area contributed by atoms with E-state index in [1.165, 1.54) is 5.69 Å². The number of amides is 1. The lowest BCUT2D eigenvalue weighted by atomic mass is 9.91. The van der Waals surface area contributed by atoms with E-state index >= 15 is 0 Å². The lowest BCUT2D eigenvalue weighted by molar-refractivity contribution is -0.192. The highest BCUT2D eigenvalue weighted by molar-refractivity contribution is 6.10. The number of methoxy groups -OCH3 is 1. The lowest BCUT2D eigenvalue weighted by Gasteiger charge is -2.34. The summed E-state index contributed by atoms with van der Waals surface area (Å²) < 4.78 is 37.2. The van der Waals surface area contributed by atoms with Crippen molar-refractivity contribution >= 4 is 46.3 Å². The number of nitrogens with one attached hydrogen (secondary N) is 2. The van der Waals surface area contributed by atoms with Gasteiger partial charge in [0.2, 0.25) is 5.91 Å². The fourth-order valence-corrected chi connectivity index (χ4v) is 6.14. The SMILES string of the molecule is COc1ccc2c(c1)[C@]1(C[C@H]1c1ccc3c(C=Cc4ccc(N5CCN(C)CC5)cc4)n[nH]c3c1)C(=O)N2.O=C(O)C(F)(F)F. The summed E-state index contributed by atoms with van der Waals surface area (Å²) in [4.78, 5) is 26.7. The molecule has 2 fully saturated rings. The lowest BCUT2D eigenvalue weighted by Crippen LogP contribution is -2.44. The number of carbonyl (C=O) groups excluding carboxylic acids is 1. The summed E-state index contributed by atoms with van der Waals surface area (Å²) in [6.07, 6.45) is -0.106. The minimum atomic E-state index is -5.08. The highest BCUT2D eigenvalue weighted by atomic mass is 19.4. The van der Waals surface area contributed by atoms with E-state index in [9.17, 15) is 18.0 Å². The summed E-state index contributed by atoms with van der Waals surface area (Å²) in [6.45, 7) is 4.35. The molecular formula is C33H32F3N5O4. The molecule has 1 aliphatic carbocycles. The maximum absolute atomic E-state index is 13.0. The average Bonchev–Trinajstić information content (AvgIpc) is 3.57. The molecule has 1 amide bonds. The fourth-order valence-electron chi connectivity index (χ4n) is 6.14. The number of carboxylic acid groups (broad SMARTS) is 1. The second-order valence-corrected chi connectivity index (χ2v) is 11.5. The van der Waals surface area contributed by atoms with Crippen molar-refractivity contribution in [2.45, 2.75) is 23.9 Å². The van der Waals surface area contributed by atoms with Crippen LogP contribution in [0.4, 0.5) is 24.5 Å². The number of hydrogen-bond acceptors (Lipinski definition) is 6. The molecule has 3 heterocycles. The van der Waals surface area contributed by atoms with Crippen LogP contribution in [0.15, 0.2) is 60.7 Å². The summed E-state index contributed by atoms with van der Waals surface area (Å²) in [7, 11) is 3.84. The van der Waals surface area contributed by atoms with Crippen molar-refractivity contribution in [1.82, 2.24) is 15.1 Å². The van der Waals surface area contributed by atoms with Crippen LogP contribution in [0.25, 0.3) is 23.1 Å². The molecule has 7 rings (SSSR count). The Morgan fingerprint density at radius 1 is 1.04 bits per heavy atom. The summed E-state index contributed by atoms with van der Waals surface area (Å²) in [5, 5.41) is 19.0. The molecule has 0 radical (unpaired) electrons. The van der Waals surface area contributed by atoms with Crippen LogP contribution in [0.5, 0.6) is 5.75 Å². The normalized spacial score (nSPS) is 21.0. The first-order valence-electron chi connectivity index (χ1n) is 14.5. The van der Waals surface area contributed by atoms with Crippen LogP contribution < -0.4 is 15.0 Å². The molecule has 45 heavy (non-hydrogen) atoms. The number of nitrogens with zero attached hydrogens (tertiary/aromatic N) is 3. The van der Waals surface area contributed by atoms with Crippen LogP contribution >= 0.6 is 0 Å². The molecule has 2 atom stereocenters. The Hall–Kier alpha value is -4.84.